The van der Waals surface area contributed by atoms with Crippen LogP contribution in [0.25, 0.3) is 0 Å². The SMILES string of the molecule is COc1cccc2c1C(N)CO2.Cl. The minimum absolute atomic E-state index is 0. The van der Waals surface area contributed by atoms with Crippen molar-refractivity contribution in [1.29, 1.82) is 0 Å². The van der Waals surface area contributed by atoms with E-state index < -0.39 is 0 Å². The van der Waals surface area contributed by atoms with Crippen LogP contribution in [0, 0.1) is 0 Å². The standard InChI is InChI=1S/C9H11NO2.ClH/c1-11-7-3-2-4-8-9(7)6(10)5-12-8;/h2-4,6H,5,10H2,1H3;1H. The number of ether oxygens (including phenoxy) is 2. The molecule has 3 nitrogen and oxygen atoms in total. The van der Waals surface area contributed by atoms with E-state index in [-0.39, 0.29) is 18.4 Å². The number of halogens is 1. The fourth-order valence-electron chi connectivity index (χ4n) is 1.46. The van der Waals surface area contributed by atoms with E-state index in [2.05, 4.69) is 0 Å². The monoisotopic (exact) mass is 201 g/mol. The fourth-order valence-corrected chi connectivity index (χ4v) is 1.46. The van der Waals surface area contributed by atoms with Crippen LogP contribution in [0.15, 0.2) is 18.2 Å². The molecule has 0 fully saturated rings. The second-order valence-electron chi connectivity index (χ2n) is 2.79. The Hall–Kier alpha value is -0.930. The van der Waals surface area contributed by atoms with Gasteiger partial charge in [0, 0.05) is 0 Å². The maximum absolute atomic E-state index is 5.82. The van der Waals surface area contributed by atoms with Gasteiger partial charge >= 0.3 is 0 Å². The molecule has 2 N–H and O–H groups in total. The smallest absolute Gasteiger partial charge is 0.128 e. The highest BCUT2D eigenvalue weighted by atomic mass is 35.5. The molecule has 0 saturated carbocycles. The van der Waals surface area contributed by atoms with Crippen molar-refractivity contribution in [3.63, 3.8) is 0 Å². The summed E-state index contributed by atoms with van der Waals surface area (Å²) in [5, 5.41) is 0. The Kier molecular flexibility index (Phi) is 3.01. The van der Waals surface area contributed by atoms with E-state index in [0.29, 0.717) is 6.61 Å². The topological polar surface area (TPSA) is 44.5 Å². The molecule has 0 aliphatic carbocycles. The molecule has 1 aromatic carbocycles. The van der Waals surface area contributed by atoms with E-state index >= 15 is 0 Å². The van der Waals surface area contributed by atoms with Crippen LogP contribution in [0.1, 0.15) is 11.6 Å². The molecule has 0 bridgehead atoms. The van der Waals surface area contributed by atoms with Gasteiger partial charge in [0.1, 0.15) is 18.1 Å². The van der Waals surface area contributed by atoms with Crippen LogP contribution in [0.3, 0.4) is 0 Å². The fraction of sp³-hybridized carbons (Fsp3) is 0.333. The summed E-state index contributed by atoms with van der Waals surface area (Å²) in [6, 6.07) is 5.66. The van der Waals surface area contributed by atoms with Crippen LogP contribution in [-0.4, -0.2) is 13.7 Å². The summed E-state index contributed by atoms with van der Waals surface area (Å²) in [6.45, 7) is 0.551. The zero-order chi connectivity index (χ0) is 8.55. The lowest BCUT2D eigenvalue weighted by atomic mass is 10.1. The van der Waals surface area contributed by atoms with Crippen molar-refractivity contribution >= 4 is 12.4 Å². The Balaban J connectivity index is 0.000000845. The van der Waals surface area contributed by atoms with Crippen molar-refractivity contribution in [2.75, 3.05) is 13.7 Å². The van der Waals surface area contributed by atoms with E-state index in [1.54, 1.807) is 7.11 Å². The first kappa shape index (κ1) is 10.2. The Labute approximate surface area is 83.2 Å². The van der Waals surface area contributed by atoms with E-state index in [0.717, 1.165) is 17.1 Å². The molecule has 4 heteroatoms. The molecule has 1 aromatic rings. The average molecular weight is 202 g/mol. The van der Waals surface area contributed by atoms with Crippen LogP contribution in [0.4, 0.5) is 0 Å². The van der Waals surface area contributed by atoms with Gasteiger partial charge < -0.3 is 15.2 Å². The summed E-state index contributed by atoms with van der Waals surface area (Å²) in [6.07, 6.45) is 0. The molecule has 0 radical (unpaired) electrons. The quantitative estimate of drug-likeness (QED) is 0.749. The van der Waals surface area contributed by atoms with Gasteiger partial charge in [0.15, 0.2) is 0 Å². The van der Waals surface area contributed by atoms with Gasteiger partial charge in [-0.2, -0.15) is 0 Å². The molecule has 0 saturated heterocycles. The molecular weight excluding hydrogens is 190 g/mol. The van der Waals surface area contributed by atoms with Gasteiger partial charge in [-0.25, -0.2) is 0 Å². The maximum Gasteiger partial charge on any atom is 0.128 e. The van der Waals surface area contributed by atoms with Gasteiger partial charge in [0.05, 0.1) is 18.7 Å². The molecule has 2 rings (SSSR count). The van der Waals surface area contributed by atoms with E-state index in [1.807, 2.05) is 18.2 Å². The van der Waals surface area contributed by atoms with Crippen LogP contribution < -0.4 is 15.2 Å². The number of nitrogens with two attached hydrogens (primary N) is 1. The molecular formula is C9H12ClNO2. The summed E-state index contributed by atoms with van der Waals surface area (Å²) < 4.78 is 10.5. The number of benzene rings is 1. The molecule has 1 atom stereocenters. The van der Waals surface area contributed by atoms with Crippen molar-refractivity contribution in [2.24, 2.45) is 5.73 Å². The first-order valence-electron chi connectivity index (χ1n) is 3.88. The van der Waals surface area contributed by atoms with Gasteiger partial charge in [-0.3, -0.25) is 0 Å². The van der Waals surface area contributed by atoms with Crippen molar-refractivity contribution in [2.45, 2.75) is 6.04 Å². The minimum atomic E-state index is -0.0452. The lowest BCUT2D eigenvalue weighted by Gasteiger charge is -2.06. The number of rotatable bonds is 1. The summed E-state index contributed by atoms with van der Waals surface area (Å²) in [5.74, 6) is 1.67. The number of hydrogen-bond acceptors (Lipinski definition) is 3. The van der Waals surface area contributed by atoms with Gasteiger partial charge in [0.2, 0.25) is 0 Å². The van der Waals surface area contributed by atoms with Crippen molar-refractivity contribution < 1.29 is 9.47 Å². The molecule has 1 heterocycles. The first-order chi connectivity index (χ1) is 5.83. The highest BCUT2D eigenvalue weighted by Gasteiger charge is 2.23. The molecule has 0 spiro atoms. The van der Waals surface area contributed by atoms with Gasteiger partial charge in [-0.05, 0) is 12.1 Å². The van der Waals surface area contributed by atoms with E-state index in [4.69, 9.17) is 15.2 Å². The largest absolute Gasteiger partial charge is 0.496 e. The van der Waals surface area contributed by atoms with Crippen LogP contribution in [-0.2, 0) is 0 Å². The molecule has 0 amide bonds. The predicted octanol–water partition coefficient (Wildman–Crippen LogP) is 1.51. The Morgan fingerprint density at radius 2 is 2.31 bits per heavy atom. The normalized spacial score (nSPS) is 18.5. The third kappa shape index (κ3) is 1.57. The lowest BCUT2D eigenvalue weighted by Crippen LogP contribution is -2.11. The Morgan fingerprint density at radius 1 is 1.54 bits per heavy atom. The van der Waals surface area contributed by atoms with Crippen LogP contribution in [0.2, 0.25) is 0 Å². The van der Waals surface area contributed by atoms with E-state index in [1.165, 1.54) is 0 Å². The van der Waals surface area contributed by atoms with Crippen LogP contribution in [0.5, 0.6) is 11.5 Å². The highest BCUT2D eigenvalue weighted by molar-refractivity contribution is 5.85. The number of fused-ring (bicyclic) bond motifs is 1. The van der Waals surface area contributed by atoms with Crippen molar-refractivity contribution in [1.82, 2.24) is 0 Å². The molecule has 1 aliphatic rings. The third-order valence-corrected chi connectivity index (χ3v) is 2.04. The summed E-state index contributed by atoms with van der Waals surface area (Å²) >= 11 is 0. The minimum Gasteiger partial charge on any atom is -0.496 e. The number of hydrogen-bond donors (Lipinski definition) is 1. The zero-order valence-corrected chi connectivity index (χ0v) is 8.14. The van der Waals surface area contributed by atoms with Gasteiger partial charge in [-0.1, -0.05) is 6.07 Å². The highest BCUT2D eigenvalue weighted by Crippen LogP contribution is 2.37. The van der Waals surface area contributed by atoms with E-state index in [9.17, 15) is 0 Å². The molecule has 1 aliphatic heterocycles. The Morgan fingerprint density at radius 3 is 3.00 bits per heavy atom. The van der Waals surface area contributed by atoms with Crippen LogP contribution >= 0.6 is 12.4 Å². The van der Waals surface area contributed by atoms with Crippen molar-refractivity contribution in [3.8, 4) is 11.5 Å². The predicted molar refractivity (Wildman–Crippen MR) is 52.7 cm³/mol. The Bertz CT molecular complexity index is 304. The lowest BCUT2D eigenvalue weighted by molar-refractivity contribution is 0.333. The summed E-state index contributed by atoms with van der Waals surface area (Å²) in [5.41, 5.74) is 6.80. The van der Waals surface area contributed by atoms with Gasteiger partial charge in [0.25, 0.3) is 0 Å². The van der Waals surface area contributed by atoms with Crippen molar-refractivity contribution in [3.05, 3.63) is 23.8 Å². The number of methoxy groups -OCH3 is 1. The molecule has 1 unspecified atom stereocenters. The summed E-state index contributed by atoms with van der Waals surface area (Å²) in [7, 11) is 1.64. The third-order valence-electron chi connectivity index (χ3n) is 2.04. The summed E-state index contributed by atoms with van der Waals surface area (Å²) in [4.78, 5) is 0. The average Bonchev–Trinajstić information content (AvgIpc) is 2.48. The van der Waals surface area contributed by atoms with Gasteiger partial charge in [-0.15, -0.1) is 12.4 Å². The molecule has 0 aromatic heterocycles. The molecule has 13 heavy (non-hydrogen) atoms. The first-order valence-corrected chi connectivity index (χ1v) is 3.88. The maximum atomic E-state index is 5.82. The molecule has 72 valence electrons. The second-order valence-corrected chi connectivity index (χ2v) is 2.79. The zero-order valence-electron chi connectivity index (χ0n) is 7.32. The second kappa shape index (κ2) is 3.85.